The van der Waals surface area contributed by atoms with Gasteiger partial charge in [0.2, 0.25) is 0 Å². The van der Waals surface area contributed by atoms with Crippen molar-refractivity contribution in [1.82, 2.24) is 4.90 Å². The standard InChI is InChI=1S/C16H21N3O2/c1-20-15-3-2-13(11-17)16(10-15)19-5-4-14(12-19)18-6-8-21-9-7-18/h2-3,10,14H,4-9,12H2,1H3. The van der Waals surface area contributed by atoms with Crippen LogP contribution in [0.3, 0.4) is 0 Å². The van der Waals surface area contributed by atoms with Crippen molar-refractivity contribution in [2.24, 2.45) is 0 Å². The van der Waals surface area contributed by atoms with E-state index in [1.807, 2.05) is 18.2 Å². The lowest BCUT2D eigenvalue weighted by atomic mass is 10.1. The van der Waals surface area contributed by atoms with Crippen LogP contribution in [0.15, 0.2) is 18.2 Å². The van der Waals surface area contributed by atoms with E-state index < -0.39 is 0 Å². The Labute approximate surface area is 125 Å². The molecule has 0 saturated carbocycles. The quantitative estimate of drug-likeness (QED) is 0.843. The monoisotopic (exact) mass is 287 g/mol. The van der Waals surface area contributed by atoms with Crippen molar-refractivity contribution in [3.63, 3.8) is 0 Å². The summed E-state index contributed by atoms with van der Waals surface area (Å²) in [5, 5.41) is 9.31. The summed E-state index contributed by atoms with van der Waals surface area (Å²) in [6.07, 6.45) is 1.14. The average molecular weight is 287 g/mol. The Balaban J connectivity index is 1.74. The van der Waals surface area contributed by atoms with Crippen molar-refractivity contribution < 1.29 is 9.47 Å². The molecule has 1 atom stereocenters. The summed E-state index contributed by atoms with van der Waals surface area (Å²) >= 11 is 0. The fraction of sp³-hybridized carbons (Fsp3) is 0.562. The van der Waals surface area contributed by atoms with E-state index in [0.717, 1.165) is 62.8 Å². The molecule has 21 heavy (non-hydrogen) atoms. The minimum absolute atomic E-state index is 0.562. The molecule has 5 heteroatoms. The number of morpholine rings is 1. The summed E-state index contributed by atoms with van der Waals surface area (Å²) in [4.78, 5) is 4.82. The number of benzene rings is 1. The Kier molecular flexibility index (Phi) is 4.28. The average Bonchev–Trinajstić information content (AvgIpc) is 3.05. The Morgan fingerprint density at radius 3 is 2.81 bits per heavy atom. The number of rotatable bonds is 3. The molecule has 1 aromatic rings. The van der Waals surface area contributed by atoms with Crippen LogP contribution in [-0.2, 0) is 4.74 Å². The van der Waals surface area contributed by atoms with Gasteiger partial charge < -0.3 is 14.4 Å². The molecule has 0 radical (unpaired) electrons. The lowest BCUT2D eigenvalue weighted by Gasteiger charge is -2.32. The van der Waals surface area contributed by atoms with E-state index in [2.05, 4.69) is 15.9 Å². The van der Waals surface area contributed by atoms with E-state index in [0.29, 0.717) is 6.04 Å². The lowest BCUT2D eigenvalue weighted by Crippen LogP contribution is -2.44. The molecule has 0 aromatic heterocycles. The first-order valence-electron chi connectivity index (χ1n) is 7.46. The molecule has 0 aliphatic carbocycles. The summed E-state index contributed by atoms with van der Waals surface area (Å²) in [6.45, 7) is 5.66. The number of nitrogens with zero attached hydrogens (tertiary/aromatic N) is 3. The fourth-order valence-electron chi connectivity index (χ4n) is 3.20. The van der Waals surface area contributed by atoms with Crippen LogP contribution in [0.1, 0.15) is 12.0 Å². The summed E-state index contributed by atoms with van der Waals surface area (Å²) in [5.41, 5.74) is 1.71. The molecule has 2 aliphatic rings. The number of hydrogen-bond donors (Lipinski definition) is 0. The zero-order chi connectivity index (χ0) is 14.7. The molecular weight excluding hydrogens is 266 g/mol. The normalized spacial score (nSPS) is 23.0. The van der Waals surface area contributed by atoms with Crippen LogP contribution < -0.4 is 9.64 Å². The second-order valence-corrected chi connectivity index (χ2v) is 5.53. The Hall–Kier alpha value is -1.77. The van der Waals surface area contributed by atoms with Crippen LogP contribution in [-0.4, -0.2) is 57.4 Å². The Morgan fingerprint density at radius 1 is 1.29 bits per heavy atom. The van der Waals surface area contributed by atoms with Crippen LogP contribution in [0.4, 0.5) is 5.69 Å². The summed E-state index contributed by atoms with van der Waals surface area (Å²) < 4.78 is 10.7. The van der Waals surface area contributed by atoms with E-state index in [4.69, 9.17) is 9.47 Å². The van der Waals surface area contributed by atoms with E-state index >= 15 is 0 Å². The molecule has 1 aromatic carbocycles. The second-order valence-electron chi connectivity index (χ2n) is 5.53. The first-order chi connectivity index (χ1) is 10.3. The van der Waals surface area contributed by atoms with Gasteiger partial charge in [-0.2, -0.15) is 5.26 Å². The number of methoxy groups -OCH3 is 1. The Bertz CT molecular complexity index is 535. The van der Waals surface area contributed by atoms with Gasteiger partial charge in [-0.15, -0.1) is 0 Å². The highest BCUT2D eigenvalue weighted by Crippen LogP contribution is 2.30. The van der Waals surface area contributed by atoms with Gasteiger partial charge in [-0.1, -0.05) is 0 Å². The van der Waals surface area contributed by atoms with Crippen LogP contribution in [0.5, 0.6) is 5.75 Å². The number of nitriles is 1. The highest BCUT2D eigenvalue weighted by Gasteiger charge is 2.29. The maximum absolute atomic E-state index is 9.31. The lowest BCUT2D eigenvalue weighted by molar-refractivity contribution is 0.0209. The van der Waals surface area contributed by atoms with Crippen LogP contribution in [0, 0.1) is 11.3 Å². The molecule has 112 valence electrons. The molecule has 3 rings (SSSR count). The van der Waals surface area contributed by atoms with Gasteiger partial charge in [-0.3, -0.25) is 4.90 Å². The zero-order valence-corrected chi connectivity index (χ0v) is 12.4. The number of hydrogen-bond acceptors (Lipinski definition) is 5. The molecule has 0 amide bonds. The van der Waals surface area contributed by atoms with Gasteiger partial charge in [-0.25, -0.2) is 0 Å². The van der Waals surface area contributed by atoms with Gasteiger partial charge in [0.1, 0.15) is 11.8 Å². The molecule has 2 fully saturated rings. The molecule has 5 nitrogen and oxygen atoms in total. The second kappa shape index (κ2) is 6.33. The van der Waals surface area contributed by atoms with Gasteiger partial charge in [0.25, 0.3) is 0 Å². The highest BCUT2D eigenvalue weighted by molar-refractivity contribution is 5.62. The topological polar surface area (TPSA) is 48.7 Å². The maximum atomic E-state index is 9.31. The van der Waals surface area contributed by atoms with Crippen molar-refractivity contribution >= 4 is 5.69 Å². The fourth-order valence-corrected chi connectivity index (χ4v) is 3.20. The van der Waals surface area contributed by atoms with Gasteiger partial charge in [0, 0.05) is 38.3 Å². The molecule has 0 spiro atoms. The van der Waals surface area contributed by atoms with Gasteiger partial charge in [0.05, 0.1) is 31.6 Å². The van der Waals surface area contributed by atoms with Crippen molar-refractivity contribution in [1.29, 1.82) is 5.26 Å². The van der Waals surface area contributed by atoms with Crippen molar-refractivity contribution in [2.45, 2.75) is 12.5 Å². The molecule has 2 aliphatic heterocycles. The summed E-state index contributed by atoms with van der Waals surface area (Å²) in [5.74, 6) is 0.804. The number of anilines is 1. The maximum Gasteiger partial charge on any atom is 0.121 e. The largest absolute Gasteiger partial charge is 0.497 e. The third-order valence-corrected chi connectivity index (χ3v) is 4.39. The number of ether oxygens (including phenoxy) is 2. The minimum atomic E-state index is 0.562. The molecule has 2 heterocycles. The van der Waals surface area contributed by atoms with Gasteiger partial charge in [-0.05, 0) is 18.6 Å². The van der Waals surface area contributed by atoms with Crippen LogP contribution >= 0.6 is 0 Å². The molecule has 0 bridgehead atoms. The molecule has 1 unspecified atom stereocenters. The van der Waals surface area contributed by atoms with Crippen LogP contribution in [0.2, 0.25) is 0 Å². The third-order valence-electron chi connectivity index (χ3n) is 4.39. The zero-order valence-electron chi connectivity index (χ0n) is 12.4. The molecule has 2 saturated heterocycles. The predicted molar refractivity (Wildman–Crippen MR) is 80.7 cm³/mol. The first kappa shape index (κ1) is 14.2. The summed E-state index contributed by atoms with van der Waals surface area (Å²) in [7, 11) is 1.66. The van der Waals surface area contributed by atoms with Crippen molar-refractivity contribution in [2.75, 3.05) is 51.4 Å². The van der Waals surface area contributed by atoms with Crippen molar-refractivity contribution in [3.05, 3.63) is 23.8 Å². The third kappa shape index (κ3) is 2.97. The van der Waals surface area contributed by atoms with E-state index in [-0.39, 0.29) is 0 Å². The summed E-state index contributed by atoms with van der Waals surface area (Å²) in [6, 6.07) is 8.51. The molecule has 0 N–H and O–H groups in total. The predicted octanol–water partition coefficient (Wildman–Crippen LogP) is 1.48. The van der Waals surface area contributed by atoms with Gasteiger partial charge >= 0.3 is 0 Å². The smallest absolute Gasteiger partial charge is 0.121 e. The SMILES string of the molecule is COc1ccc(C#N)c(N2CCC(N3CCOCC3)C2)c1. The Morgan fingerprint density at radius 2 is 2.10 bits per heavy atom. The van der Waals surface area contributed by atoms with E-state index in [9.17, 15) is 5.26 Å². The van der Waals surface area contributed by atoms with Crippen molar-refractivity contribution in [3.8, 4) is 11.8 Å². The molecular formula is C16H21N3O2. The van der Waals surface area contributed by atoms with Crippen LogP contribution in [0.25, 0.3) is 0 Å². The van der Waals surface area contributed by atoms with E-state index in [1.165, 1.54) is 0 Å². The van der Waals surface area contributed by atoms with Gasteiger partial charge in [0.15, 0.2) is 0 Å². The first-order valence-corrected chi connectivity index (χ1v) is 7.46. The van der Waals surface area contributed by atoms with E-state index in [1.54, 1.807) is 7.11 Å². The minimum Gasteiger partial charge on any atom is -0.497 e. The highest BCUT2D eigenvalue weighted by atomic mass is 16.5.